The maximum absolute atomic E-state index is 12.8. The van der Waals surface area contributed by atoms with E-state index in [4.69, 9.17) is 9.25 Å². The van der Waals surface area contributed by atoms with Crippen molar-refractivity contribution in [3.8, 4) is 11.3 Å². The highest BCUT2D eigenvalue weighted by atomic mass is 32.2. The topological polar surface area (TPSA) is 195 Å². The molecule has 0 saturated carbocycles. The molecule has 1 N–H and O–H groups in total. The number of fused-ring (bicyclic) bond motifs is 2. The molecule has 5 rings (SSSR count). The van der Waals surface area contributed by atoms with Crippen molar-refractivity contribution in [1.82, 2.24) is 9.64 Å². The lowest BCUT2D eigenvalue weighted by Crippen LogP contribution is -2.32. The van der Waals surface area contributed by atoms with Gasteiger partial charge in [0.1, 0.15) is 24.6 Å². The van der Waals surface area contributed by atoms with Crippen LogP contribution in [0, 0.1) is 0 Å². The van der Waals surface area contributed by atoms with Gasteiger partial charge in [-0.3, -0.25) is 14.1 Å². The van der Waals surface area contributed by atoms with E-state index in [-0.39, 0.29) is 55.4 Å². The number of imide groups is 1. The largest absolute Gasteiger partial charge is 0.748 e. The fourth-order valence-corrected chi connectivity index (χ4v) is 8.34. The van der Waals surface area contributed by atoms with Crippen molar-refractivity contribution in [1.29, 1.82) is 0 Å². The number of benzene rings is 2. The smallest absolute Gasteiger partial charge is 0.333 e. The molecule has 16 heteroatoms. The van der Waals surface area contributed by atoms with Crippen LogP contribution in [0.5, 0.6) is 0 Å². The van der Waals surface area contributed by atoms with E-state index in [0.29, 0.717) is 22.0 Å². The molecule has 1 aromatic rings. The van der Waals surface area contributed by atoms with Crippen LogP contribution in [0.15, 0.2) is 81.8 Å². The van der Waals surface area contributed by atoms with Crippen molar-refractivity contribution in [3.63, 3.8) is 0 Å². The Balaban J connectivity index is 1.52. The lowest BCUT2D eigenvalue weighted by molar-refractivity contribution is -0.197. The van der Waals surface area contributed by atoms with Crippen molar-refractivity contribution >= 4 is 49.8 Å². The Hall–Kier alpha value is -4.90. The van der Waals surface area contributed by atoms with Gasteiger partial charge >= 0.3 is 5.97 Å². The molecule has 1 aromatic carbocycles. The number of amides is 2. The summed E-state index contributed by atoms with van der Waals surface area (Å²) in [5, 5.41) is 1.53. The van der Waals surface area contributed by atoms with E-state index in [1.165, 1.54) is 18.2 Å². The Morgan fingerprint density at radius 2 is 1.67 bits per heavy atom. The SMILES string of the molecule is CC[N+](CC)=c1ccc2c(/C=C/C=C/C=C3/N(CCCS(=O)(=O)[O-])c4ccc(S(=O)(=O)O)cc4C3(C)CCCC(=O)ON3C(=O)CCC3=O)cc(C(C)(C)C)oc-2c1. The van der Waals surface area contributed by atoms with Crippen LogP contribution in [0.25, 0.3) is 17.4 Å². The molecule has 58 heavy (non-hydrogen) atoms. The maximum Gasteiger partial charge on any atom is 0.333 e. The standard InChI is InChI=1S/C42H51N3O11S2/c1-7-43(8-2)30-17-19-32-29(26-37(41(3,4)5)55-35(32)27-30)14-10-9-11-15-36-42(6,23-12-16-40(48)56-45-38(46)21-22-39(45)47)33-28-31(58(52,53)54)18-20-34(33)44(36)24-13-25-57(49,50)51/h9-11,14-15,17-20,26-28H,7-8,12-13,16,21-25H2,1-6H3,(H-,49,50,51,52,53,54). The minimum atomic E-state index is -4.63. The molecule has 3 heterocycles. The first-order valence-electron chi connectivity index (χ1n) is 19.3. The van der Waals surface area contributed by atoms with E-state index in [2.05, 4.69) is 51.3 Å². The minimum Gasteiger partial charge on any atom is -0.748 e. The Kier molecular flexibility index (Phi) is 13.4. The number of allylic oxidation sites excluding steroid dienone is 5. The van der Waals surface area contributed by atoms with Crippen LogP contribution in [0.4, 0.5) is 5.69 Å². The molecule has 0 spiro atoms. The number of hydroxylamine groups is 2. The number of nitrogens with zero attached hydrogens (tertiary/aromatic N) is 3. The fraction of sp³-hybridized carbons (Fsp3) is 0.429. The normalized spacial score (nSPS) is 18.4. The molecule has 312 valence electrons. The summed E-state index contributed by atoms with van der Waals surface area (Å²) in [7, 11) is -9.17. The second-order valence-corrected chi connectivity index (χ2v) is 18.6. The van der Waals surface area contributed by atoms with E-state index in [0.717, 1.165) is 41.1 Å². The number of hydrogen-bond donors (Lipinski definition) is 1. The summed E-state index contributed by atoms with van der Waals surface area (Å²) < 4.78 is 77.9. The average Bonchev–Trinajstić information content (AvgIpc) is 3.57. The van der Waals surface area contributed by atoms with Crippen molar-refractivity contribution in [2.45, 2.75) is 95.8 Å². The zero-order chi connectivity index (χ0) is 42.6. The Bertz CT molecular complexity index is 2420. The third-order valence-corrected chi connectivity index (χ3v) is 12.1. The third-order valence-electron chi connectivity index (χ3n) is 10.4. The van der Waals surface area contributed by atoms with E-state index in [9.17, 15) is 40.3 Å². The van der Waals surface area contributed by atoms with Crippen LogP contribution >= 0.6 is 0 Å². The van der Waals surface area contributed by atoms with Crippen LogP contribution in [0.3, 0.4) is 0 Å². The summed E-state index contributed by atoms with van der Waals surface area (Å²) in [6.45, 7) is 14.1. The van der Waals surface area contributed by atoms with Crippen molar-refractivity contribution in [2.24, 2.45) is 0 Å². The van der Waals surface area contributed by atoms with E-state index in [1.807, 2.05) is 37.3 Å². The van der Waals surface area contributed by atoms with Crippen LogP contribution in [0.1, 0.15) is 97.0 Å². The summed E-state index contributed by atoms with van der Waals surface area (Å²) in [6.07, 6.45) is 9.32. The predicted octanol–water partition coefficient (Wildman–Crippen LogP) is 5.68. The third kappa shape index (κ3) is 10.2. The summed E-state index contributed by atoms with van der Waals surface area (Å²) in [4.78, 5) is 43.2. The molecule has 0 radical (unpaired) electrons. The van der Waals surface area contributed by atoms with Crippen LogP contribution in [-0.2, 0) is 50.3 Å². The molecule has 0 bridgehead atoms. The first-order valence-corrected chi connectivity index (χ1v) is 22.3. The monoisotopic (exact) mass is 837 g/mol. The molecular formula is C42H51N3O11S2. The Morgan fingerprint density at radius 1 is 0.983 bits per heavy atom. The van der Waals surface area contributed by atoms with Gasteiger partial charge in [0.25, 0.3) is 21.9 Å². The number of rotatable bonds is 15. The first kappa shape index (κ1) is 44.2. The number of anilines is 1. The number of carbonyl (C=O) groups excluding carboxylic acids is 3. The summed E-state index contributed by atoms with van der Waals surface area (Å²) in [5.41, 5.74) is 2.22. The Morgan fingerprint density at radius 3 is 2.29 bits per heavy atom. The van der Waals surface area contributed by atoms with Gasteiger partial charge < -0.3 is 18.7 Å². The maximum atomic E-state index is 12.8. The van der Waals surface area contributed by atoms with Gasteiger partial charge in [0.05, 0.1) is 21.1 Å². The molecule has 1 unspecified atom stereocenters. The van der Waals surface area contributed by atoms with Crippen molar-refractivity contribution < 1.29 is 49.6 Å². The molecule has 1 aliphatic carbocycles. The molecule has 1 saturated heterocycles. The fourth-order valence-electron chi connectivity index (χ4n) is 7.35. The summed E-state index contributed by atoms with van der Waals surface area (Å²) in [6, 6.07) is 12.3. The van der Waals surface area contributed by atoms with E-state index in [1.54, 1.807) is 17.1 Å². The second-order valence-electron chi connectivity index (χ2n) is 15.6. The van der Waals surface area contributed by atoms with Crippen molar-refractivity contribution in [3.05, 3.63) is 94.7 Å². The molecule has 1 atom stereocenters. The quantitative estimate of drug-likeness (QED) is 0.0853. The molecule has 4 aliphatic rings. The second kappa shape index (κ2) is 17.5. The van der Waals surface area contributed by atoms with E-state index >= 15 is 0 Å². The van der Waals surface area contributed by atoms with Gasteiger partial charge in [-0.1, -0.05) is 45.1 Å². The number of hydrogen-bond acceptors (Lipinski definition) is 11. The zero-order valence-electron chi connectivity index (χ0n) is 33.7. The summed E-state index contributed by atoms with van der Waals surface area (Å²) >= 11 is 0. The highest BCUT2D eigenvalue weighted by Gasteiger charge is 2.44. The van der Waals surface area contributed by atoms with Gasteiger partial charge in [0, 0.05) is 65.4 Å². The molecule has 1 fully saturated rings. The molecule has 3 aliphatic heterocycles. The van der Waals surface area contributed by atoms with Gasteiger partial charge in [0.2, 0.25) is 5.36 Å². The molecule has 14 nitrogen and oxygen atoms in total. The lowest BCUT2D eigenvalue weighted by Gasteiger charge is -2.30. The predicted molar refractivity (Wildman–Crippen MR) is 218 cm³/mol. The molecular weight excluding hydrogens is 787 g/mol. The van der Waals surface area contributed by atoms with Crippen molar-refractivity contribution in [2.75, 3.05) is 30.3 Å². The zero-order valence-corrected chi connectivity index (χ0v) is 35.3. The van der Waals surface area contributed by atoms with Gasteiger partial charge in [-0.15, -0.1) is 5.06 Å². The number of carbonyl (C=O) groups is 3. The van der Waals surface area contributed by atoms with Crippen LogP contribution < -0.4 is 14.8 Å². The molecule has 0 aromatic heterocycles. The average molecular weight is 838 g/mol. The van der Waals surface area contributed by atoms with Crippen LogP contribution in [-0.4, -0.2) is 74.2 Å². The first-order chi connectivity index (χ1) is 27.2. The van der Waals surface area contributed by atoms with Crippen LogP contribution in [0.2, 0.25) is 0 Å². The highest BCUT2D eigenvalue weighted by Crippen LogP contribution is 2.51. The Labute approximate surface area is 340 Å². The summed E-state index contributed by atoms with van der Waals surface area (Å²) in [5.74, 6) is -1.08. The van der Waals surface area contributed by atoms with Gasteiger partial charge in [0.15, 0.2) is 0 Å². The lowest BCUT2D eigenvalue weighted by atomic mass is 9.77. The minimum absolute atomic E-state index is 0.0369. The van der Waals surface area contributed by atoms with Gasteiger partial charge in [-0.05, 0) is 87.6 Å². The van der Waals surface area contributed by atoms with Gasteiger partial charge in [-0.2, -0.15) is 8.42 Å². The van der Waals surface area contributed by atoms with E-state index < -0.39 is 49.2 Å². The molecule has 2 amide bonds. The van der Waals surface area contributed by atoms with Gasteiger partial charge in [-0.25, -0.2) is 17.8 Å². The highest BCUT2D eigenvalue weighted by molar-refractivity contribution is 7.86.